The molecule has 0 saturated carbocycles. The molecule has 1 aromatic rings. The van der Waals surface area contributed by atoms with Crippen LogP contribution in [0.25, 0.3) is 5.57 Å². The van der Waals surface area contributed by atoms with Crippen molar-refractivity contribution in [3.63, 3.8) is 0 Å². The van der Waals surface area contributed by atoms with E-state index >= 15 is 0 Å². The van der Waals surface area contributed by atoms with Gasteiger partial charge in [-0.1, -0.05) is 42.6 Å². The summed E-state index contributed by atoms with van der Waals surface area (Å²) in [6.45, 7) is 5.71. The normalized spacial score (nSPS) is 22.4. The lowest BCUT2D eigenvalue weighted by atomic mass is 9.62. The summed E-state index contributed by atoms with van der Waals surface area (Å²) in [6.07, 6.45) is 5.15. The van der Waals surface area contributed by atoms with E-state index in [0.717, 1.165) is 43.6 Å². The Balaban J connectivity index is 1.91. The minimum absolute atomic E-state index is 0.0811. The van der Waals surface area contributed by atoms with E-state index in [9.17, 15) is 4.79 Å². The van der Waals surface area contributed by atoms with E-state index in [1.807, 2.05) is 0 Å². The third kappa shape index (κ3) is 2.28. The molecule has 1 saturated heterocycles. The summed E-state index contributed by atoms with van der Waals surface area (Å²) in [5, 5.41) is 0. The molecule has 0 radical (unpaired) electrons. The average Bonchev–Trinajstić information content (AvgIpc) is 2.59. The Labute approximate surface area is 148 Å². The van der Waals surface area contributed by atoms with Crippen LogP contribution in [0.2, 0.25) is 0 Å². The van der Waals surface area contributed by atoms with Crippen LogP contribution >= 0.6 is 12.2 Å². The third-order valence-corrected chi connectivity index (χ3v) is 5.92. The zero-order valence-electron chi connectivity index (χ0n) is 13.7. The third-order valence-electron chi connectivity index (χ3n) is 5.55. The van der Waals surface area contributed by atoms with Gasteiger partial charge in [-0.2, -0.15) is 0 Å². The Morgan fingerprint density at radius 3 is 2.79 bits per heavy atom. The number of thiocarbonyl (C=S) groups is 1. The van der Waals surface area contributed by atoms with Crippen molar-refractivity contribution in [2.45, 2.75) is 25.7 Å². The number of hydrogen-bond donors (Lipinski definition) is 0. The van der Waals surface area contributed by atoms with Crippen LogP contribution in [0.15, 0.2) is 42.5 Å². The zero-order chi connectivity index (χ0) is 16.7. The fourth-order valence-corrected chi connectivity index (χ4v) is 4.72. The minimum atomic E-state index is -0.103. The standard InChI is InChI=1S/C20H21NO2S/c1-2-9-21-17(24)12-16-15-6-4-3-5-14(15)13-20(18(16)19(21)22)7-10-23-11-8-20/h2-6H,1,7-13H2. The van der Waals surface area contributed by atoms with E-state index in [-0.39, 0.29) is 11.3 Å². The quantitative estimate of drug-likeness (QED) is 0.610. The van der Waals surface area contributed by atoms with E-state index in [2.05, 4.69) is 30.8 Å². The van der Waals surface area contributed by atoms with E-state index in [1.54, 1.807) is 11.0 Å². The van der Waals surface area contributed by atoms with E-state index < -0.39 is 0 Å². The van der Waals surface area contributed by atoms with Crippen LogP contribution < -0.4 is 0 Å². The molecule has 0 aromatic heterocycles. The van der Waals surface area contributed by atoms with Crippen molar-refractivity contribution in [1.82, 2.24) is 4.90 Å². The van der Waals surface area contributed by atoms with Crippen LogP contribution in [0.3, 0.4) is 0 Å². The molecule has 4 heteroatoms. The number of fused-ring (bicyclic) bond motifs is 3. The first-order valence-electron chi connectivity index (χ1n) is 8.51. The number of carbonyl (C=O) groups excluding carboxylic acids is 1. The highest BCUT2D eigenvalue weighted by atomic mass is 32.1. The number of carbonyl (C=O) groups is 1. The summed E-state index contributed by atoms with van der Waals surface area (Å²) in [5.41, 5.74) is 4.58. The number of benzene rings is 1. The second-order valence-corrected chi connectivity index (χ2v) is 7.33. The molecule has 1 spiro atoms. The molecule has 1 aliphatic carbocycles. The van der Waals surface area contributed by atoms with Gasteiger partial charge in [0, 0.05) is 37.2 Å². The zero-order valence-corrected chi connectivity index (χ0v) is 14.5. The maximum Gasteiger partial charge on any atom is 0.255 e. The van der Waals surface area contributed by atoms with Gasteiger partial charge in [-0.05, 0) is 36.0 Å². The van der Waals surface area contributed by atoms with Crippen molar-refractivity contribution < 1.29 is 9.53 Å². The molecule has 4 rings (SSSR count). The molecule has 24 heavy (non-hydrogen) atoms. The van der Waals surface area contributed by atoms with Crippen molar-refractivity contribution in [1.29, 1.82) is 0 Å². The lowest BCUT2D eigenvalue weighted by molar-refractivity contribution is -0.125. The molecular formula is C20H21NO2S. The van der Waals surface area contributed by atoms with Gasteiger partial charge >= 0.3 is 0 Å². The molecule has 1 amide bonds. The molecule has 0 unspecified atom stereocenters. The van der Waals surface area contributed by atoms with Gasteiger partial charge in [-0.3, -0.25) is 9.69 Å². The first-order chi connectivity index (χ1) is 11.7. The molecule has 0 N–H and O–H groups in total. The number of nitrogens with zero attached hydrogens (tertiary/aromatic N) is 1. The van der Waals surface area contributed by atoms with Crippen molar-refractivity contribution in [2.75, 3.05) is 19.8 Å². The highest BCUT2D eigenvalue weighted by Gasteiger charge is 2.48. The van der Waals surface area contributed by atoms with Gasteiger partial charge in [0.1, 0.15) is 0 Å². The van der Waals surface area contributed by atoms with Crippen molar-refractivity contribution in [3.8, 4) is 0 Å². The van der Waals surface area contributed by atoms with Crippen LogP contribution in [0.1, 0.15) is 30.4 Å². The fraction of sp³-hybridized carbons (Fsp3) is 0.400. The molecule has 1 aromatic carbocycles. The largest absolute Gasteiger partial charge is 0.381 e. The van der Waals surface area contributed by atoms with Gasteiger partial charge in [0.05, 0.1) is 4.99 Å². The van der Waals surface area contributed by atoms with Gasteiger partial charge in [-0.25, -0.2) is 0 Å². The molecular weight excluding hydrogens is 318 g/mol. The van der Waals surface area contributed by atoms with Gasteiger partial charge in [0.15, 0.2) is 0 Å². The lowest BCUT2D eigenvalue weighted by Crippen LogP contribution is -2.49. The highest BCUT2D eigenvalue weighted by molar-refractivity contribution is 7.80. The molecule has 0 bridgehead atoms. The molecule has 0 atom stereocenters. The number of hydrogen-bond acceptors (Lipinski definition) is 3. The molecule has 2 aliphatic heterocycles. The maximum atomic E-state index is 13.3. The Morgan fingerprint density at radius 2 is 2.04 bits per heavy atom. The summed E-state index contributed by atoms with van der Waals surface area (Å²) in [5.74, 6) is 0.0811. The highest BCUT2D eigenvalue weighted by Crippen LogP contribution is 2.51. The van der Waals surface area contributed by atoms with E-state index in [4.69, 9.17) is 17.0 Å². The summed E-state index contributed by atoms with van der Waals surface area (Å²) in [7, 11) is 0. The van der Waals surface area contributed by atoms with E-state index in [0.29, 0.717) is 18.0 Å². The summed E-state index contributed by atoms with van der Waals surface area (Å²) >= 11 is 5.56. The molecule has 1 fully saturated rings. The molecule has 2 heterocycles. The van der Waals surface area contributed by atoms with Gasteiger partial charge in [0.25, 0.3) is 5.91 Å². The monoisotopic (exact) mass is 339 g/mol. The smallest absolute Gasteiger partial charge is 0.255 e. The fourth-order valence-electron chi connectivity index (χ4n) is 4.41. The van der Waals surface area contributed by atoms with Crippen LogP contribution in [-0.4, -0.2) is 35.6 Å². The van der Waals surface area contributed by atoms with Gasteiger partial charge in [0.2, 0.25) is 0 Å². The molecule has 3 nitrogen and oxygen atoms in total. The minimum Gasteiger partial charge on any atom is -0.381 e. The maximum absolute atomic E-state index is 13.3. The Morgan fingerprint density at radius 1 is 1.29 bits per heavy atom. The predicted octanol–water partition coefficient (Wildman–Crippen LogP) is 3.54. The van der Waals surface area contributed by atoms with Gasteiger partial charge in [-0.15, -0.1) is 6.58 Å². The summed E-state index contributed by atoms with van der Waals surface area (Å²) in [6, 6.07) is 8.47. The summed E-state index contributed by atoms with van der Waals surface area (Å²) < 4.78 is 5.61. The topological polar surface area (TPSA) is 29.5 Å². The second kappa shape index (κ2) is 5.94. The van der Waals surface area contributed by atoms with E-state index in [1.165, 1.54) is 11.1 Å². The van der Waals surface area contributed by atoms with Crippen molar-refractivity contribution in [2.24, 2.45) is 5.41 Å². The van der Waals surface area contributed by atoms with Crippen LogP contribution in [0.5, 0.6) is 0 Å². The first kappa shape index (κ1) is 15.7. The predicted molar refractivity (Wildman–Crippen MR) is 98.7 cm³/mol. The van der Waals surface area contributed by atoms with Crippen molar-refractivity contribution in [3.05, 3.63) is 53.6 Å². The Hall–Kier alpha value is -1.78. The number of rotatable bonds is 2. The second-order valence-electron chi connectivity index (χ2n) is 6.86. The van der Waals surface area contributed by atoms with Crippen molar-refractivity contribution >= 4 is 28.7 Å². The Kier molecular flexibility index (Phi) is 3.89. The van der Waals surface area contributed by atoms with Gasteiger partial charge < -0.3 is 4.74 Å². The SMILES string of the molecule is C=CCN1C(=O)C2=C(CC1=S)c1ccccc1CC21CCOCC1. The number of amides is 1. The lowest BCUT2D eigenvalue weighted by Gasteiger charge is -2.47. The Bertz CT molecular complexity index is 759. The molecule has 124 valence electrons. The average molecular weight is 339 g/mol. The summed E-state index contributed by atoms with van der Waals surface area (Å²) in [4.78, 5) is 15.8. The first-order valence-corrected chi connectivity index (χ1v) is 8.92. The van der Waals surface area contributed by atoms with Crippen LogP contribution in [0, 0.1) is 5.41 Å². The van der Waals surface area contributed by atoms with Crippen LogP contribution in [0.4, 0.5) is 0 Å². The number of ether oxygens (including phenoxy) is 1. The molecule has 3 aliphatic rings. The van der Waals surface area contributed by atoms with Crippen LogP contribution in [-0.2, 0) is 16.0 Å².